The number of anilines is 1. The average molecular weight is 564 g/mol. The van der Waals surface area contributed by atoms with Gasteiger partial charge in [-0.3, -0.25) is 0 Å². The first kappa shape index (κ1) is 26.4. The van der Waals surface area contributed by atoms with Crippen molar-refractivity contribution < 1.29 is 13.2 Å². The molecule has 206 valence electrons. The van der Waals surface area contributed by atoms with Gasteiger partial charge in [0.2, 0.25) is 0 Å². The molecule has 40 heavy (non-hydrogen) atoms. The fourth-order valence-corrected chi connectivity index (χ4v) is 6.08. The number of alkyl halides is 3. The van der Waals surface area contributed by atoms with Gasteiger partial charge in [-0.1, -0.05) is 49.7 Å². The summed E-state index contributed by atoms with van der Waals surface area (Å²) in [6.45, 7) is 7.07. The summed E-state index contributed by atoms with van der Waals surface area (Å²) in [5.41, 5.74) is 8.12. The second-order valence-corrected chi connectivity index (χ2v) is 10.6. The minimum atomic E-state index is -4.43. The number of nitrogens with one attached hydrogen (secondary N) is 1. The number of rotatable bonds is 5. The van der Waals surface area contributed by atoms with Gasteiger partial charge >= 0.3 is 6.18 Å². The molecule has 0 bridgehead atoms. The van der Waals surface area contributed by atoms with Gasteiger partial charge in [0, 0.05) is 48.4 Å². The normalized spacial score (nSPS) is 13.7. The maximum absolute atomic E-state index is 13.3. The predicted molar refractivity (Wildman–Crippen MR) is 153 cm³/mol. The third-order valence-electron chi connectivity index (χ3n) is 7.82. The van der Waals surface area contributed by atoms with Crippen molar-refractivity contribution in [3.05, 3.63) is 93.4 Å². The Hall–Kier alpha value is -3.78. The molecule has 4 heterocycles. The fourth-order valence-electron chi connectivity index (χ4n) is 5.86. The van der Waals surface area contributed by atoms with Crippen LogP contribution in [-0.2, 0) is 32.0 Å². The Bertz CT molecular complexity index is 1710. The van der Waals surface area contributed by atoms with Crippen LogP contribution < -0.4 is 4.90 Å². The Morgan fingerprint density at radius 2 is 1.80 bits per heavy atom. The van der Waals surface area contributed by atoms with E-state index in [1.54, 1.807) is 6.92 Å². The maximum Gasteiger partial charge on any atom is 0.417 e. The summed E-state index contributed by atoms with van der Waals surface area (Å²) in [7, 11) is 0. The topological polar surface area (TPSA) is 49.7 Å². The Morgan fingerprint density at radius 3 is 2.48 bits per heavy atom. The van der Waals surface area contributed by atoms with Crippen LogP contribution in [0.2, 0.25) is 5.02 Å². The van der Waals surface area contributed by atoms with Crippen LogP contribution >= 0.6 is 11.6 Å². The van der Waals surface area contributed by atoms with E-state index in [0.29, 0.717) is 35.9 Å². The second kappa shape index (κ2) is 10.0. The van der Waals surface area contributed by atoms with Gasteiger partial charge in [-0.15, -0.1) is 0 Å². The van der Waals surface area contributed by atoms with E-state index >= 15 is 0 Å². The number of hydrogen-bond acceptors (Lipinski definition) is 3. The Morgan fingerprint density at radius 1 is 1.05 bits per heavy atom. The first-order valence-electron chi connectivity index (χ1n) is 13.5. The van der Waals surface area contributed by atoms with Gasteiger partial charge in [-0.2, -0.15) is 18.3 Å². The molecule has 0 radical (unpaired) electrons. The third-order valence-corrected chi connectivity index (χ3v) is 8.13. The molecule has 6 rings (SSSR count). The van der Waals surface area contributed by atoms with E-state index < -0.39 is 11.7 Å². The highest BCUT2D eigenvalue weighted by Crippen LogP contribution is 2.41. The summed E-state index contributed by atoms with van der Waals surface area (Å²) in [6.07, 6.45) is 0.737. The van der Waals surface area contributed by atoms with E-state index in [4.69, 9.17) is 16.7 Å². The Balaban J connectivity index is 1.56. The highest BCUT2D eigenvalue weighted by molar-refractivity contribution is 6.35. The summed E-state index contributed by atoms with van der Waals surface area (Å²) >= 11 is 6.54. The number of aromatic amines is 1. The molecule has 1 aliphatic rings. The molecule has 1 aliphatic heterocycles. The number of hydrogen-bond donors (Lipinski definition) is 1. The minimum absolute atomic E-state index is 0.480. The number of fused-ring (bicyclic) bond motifs is 2. The second-order valence-electron chi connectivity index (χ2n) is 10.2. The van der Waals surface area contributed by atoms with Crippen LogP contribution in [0.1, 0.15) is 47.4 Å². The van der Waals surface area contributed by atoms with Crippen LogP contribution in [0, 0.1) is 6.92 Å². The number of pyridine rings is 1. The number of benzene rings is 2. The fraction of sp³-hybridized carbons (Fsp3) is 0.290. The van der Waals surface area contributed by atoms with Crippen LogP contribution in [0.3, 0.4) is 0 Å². The van der Waals surface area contributed by atoms with E-state index in [1.807, 2.05) is 24.4 Å². The first-order chi connectivity index (χ1) is 19.2. The SMILES string of the molecule is CCc1cccc(CC)c1-n1nc2c(c1-c1ccc(Cl)c3[nH]ccc13)CN(c1ncc(C(F)(F)F)cc1C)CC2. The third kappa shape index (κ3) is 4.35. The number of aryl methyl sites for hydroxylation is 3. The number of aromatic nitrogens is 4. The van der Waals surface area contributed by atoms with E-state index in [0.717, 1.165) is 58.1 Å². The Labute approximate surface area is 235 Å². The summed E-state index contributed by atoms with van der Waals surface area (Å²) in [5.74, 6) is 0.559. The van der Waals surface area contributed by atoms with E-state index in [-0.39, 0.29) is 0 Å². The molecule has 5 aromatic rings. The van der Waals surface area contributed by atoms with Crippen LogP contribution in [0.15, 0.2) is 54.9 Å². The molecule has 0 saturated heterocycles. The summed E-state index contributed by atoms with van der Waals surface area (Å²) < 4.78 is 42.1. The van der Waals surface area contributed by atoms with Crippen molar-refractivity contribution in [3.63, 3.8) is 0 Å². The number of H-pyrrole nitrogens is 1. The molecule has 1 N–H and O–H groups in total. The molecule has 9 heteroatoms. The molecule has 0 amide bonds. The van der Waals surface area contributed by atoms with Gasteiger partial charge in [0.25, 0.3) is 0 Å². The number of para-hydroxylation sites is 1. The lowest BCUT2D eigenvalue weighted by molar-refractivity contribution is -0.137. The molecule has 0 unspecified atom stereocenters. The van der Waals surface area contributed by atoms with Crippen molar-refractivity contribution in [1.29, 1.82) is 0 Å². The maximum atomic E-state index is 13.3. The lowest BCUT2D eigenvalue weighted by atomic mass is 9.97. The number of halogens is 4. The van der Waals surface area contributed by atoms with Crippen LogP contribution in [-0.4, -0.2) is 26.3 Å². The molecule has 0 fully saturated rings. The zero-order chi connectivity index (χ0) is 28.2. The van der Waals surface area contributed by atoms with Crippen molar-refractivity contribution in [2.24, 2.45) is 0 Å². The van der Waals surface area contributed by atoms with Crippen molar-refractivity contribution in [3.8, 4) is 16.9 Å². The molecule has 0 atom stereocenters. The average Bonchev–Trinajstić information content (AvgIpc) is 3.58. The first-order valence-corrected chi connectivity index (χ1v) is 13.9. The van der Waals surface area contributed by atoms with Crippen molar-refractivity contribution >= 4 is 28.3 Å². The Kier molecular flexibility index (Phi) is 6.61. The highest BCUT2D eigenvalue weighted by atomic mass is 35.5. The van der Waals surface area contributed by atoms with E-state index in [9.17, 15) is 13.2 Å². The standard InChI is InChI=1S/C31H29ClF3N5/c1-4-19-7-6-8-20(5-2)28(19)40-29(23-9-10-25(32)27-22(23)11-13-36-27)24-17-39(14-12-26(24)38-40)30-18(3)15-21(16-37-30)31(33,34)35/h6-11,13,15-16,36H,4-5,12,14,17H2,1-3H3. The predicted octanol–water partition coefficient (Wildman–Crippen LogP) is 8.08. The van der Waals surface area contributed by atoms with Crippen molar-refractivity contribution in [2.45, 2.75) is 52.8 Å². The molecule has 2 aromatic carbocycles. The lowest BCUT2D eigenvalue weighted by Crippen LogP contribution is -2.31. The molecule has 0 aliphatic carbocycles. The van der Waals surface area contributed by atoms with E-state index in [2.05, 4.69) is 51.6 Å². The van der Waals surface area contributed by atoms with E-state index in [1.165, 1.54) is 17.2 Å². The van der Waals surface area contributed by atoms with Gasteiger partial charge < -0.3 is 9.88 Å². The van der Waals surface area contributed by atoms with Gasteiger partial charge in [0.1, 0.15) is 5.82 Å². The molecular weight excluding hydrogens is 535 g/mol. The van der Waals surface area contributed by atoms with Crippen LogP contribution in [0.4, 0.5) is 19.0 Å². The highest BCUT2D eigenvalue weighted by Gasteiger charge is 2.33. The minimum Gasteiger partial charge on any atom is -0.360 e. The van der Waals surface area contributed by atoms with Crippen molar-refractivity contribution in [2.75, 3.05) is 11.4 Å². The monoisotopic (exact) mass is 563 g/mol. The summed E-state index contributed by atoms with van der Waals surface area (Å²) in [6, 6.07) is 13.5. The lowest BCUT2D eigenvalue weighted by Gasteiger charge is -2.29. The summed E-state index contributed by atoms with van der Waals surface area (Å²) in [5, 5.41) is 6.83. The van der Waals surface area contributed by atoms with Crippen LogP contribution in [0.25, 0.3) is 27.8 Å². The number of nitrogens with zero attached hydrogens (tertiary/aromatic N) is 4. The molecule has 5 nitrogen and oxygen atoms in total. The van der Waals surface area contributed by atoms with Crippen LogP contribution in [0.5, 0.6) is 0 Å². The van der Waals surface area contributed by atoms with Gasteiger partial charge in [0.15, 0.2) is 0 Å². The van der Waals surface area contributed by atoms with Crippen molar-refractivity contribution in [1.82, 2.24) is 19.7 Å². The smallest absolute Gasteiger partial charge is 0.360 e. The van der Waals surface area contributed by atoms with Gasteiger partial charge in [0.05, 0.1) is 33.2 Å². The molecule has 3 aromatic heterocycles. The molecule has 0 saturated carbocycles. The molecular formula is C31H29ClF3N5. The zero-order valence-corrected chi connectivity index (χ0v) is 23.3. The quantitative estimate of drug-likeness (QED) is 0.235. The van der Waals surface area contributed by atoms with Gasteiger partial charge in [-0.25, -0.2) is 9.67 Å². The zero-order valence-electron chi connectivity index (χ0n) is 22.5. The van der Waals surface area contributed by atoms with Gasteiger partial charge in [-0.05, 0) is 54.7 Å². The largest absolute Gasteiger partial charge is 0.417 e. The molecule has 0 spiro atoms. The summed E-state index contributed by atoms with van der Waals surface area (Å²) in [4.78, 5) is 9.59.